The lowest BCUT2D eigenvalue weighted by Crippen LogP contribution is -2.41. The van der Waals surface area contributed by atoms with E-state index in [1.54, 1.807) is 43.3 Å². The van der Waals surface area contributed by atoms with Crippen LogP contribution in [-0.4, -0.2) is 23.8 Å². The van der Waals surface area contributed by atoms with E-state index in [2.05, 4.69) is 36.7 Å². The second-order valence-electron chi connectivity index (χ2n) is 7.77. The van der Waals surface area contributed by atoms with E-state index >= 15 is 0 Å². The number of carbonyl (C=O) groups is 3. The third kappa shape index (κ3) is 5.94. The maximum atomic E-state index is 12.4. The number of hydrogen-bond acceptors (Lipinski definition) is 3. The van der Waals surface area contributed by atoms with Gasteiger partial charge in [0.15, 0.2) is 0 Å². The van der Waals surface area contributed by atoms with Gasteiger partial charge in [0.1, 0.15) is 6.04 Å². The van der Waals surface area contributed by atoms with Crippen LogP contribution in [0.3, 0.4) is 0 Å². The minimum absolute atomic E-state index is 0.0116. The van der Waals surface area contributed by atoms with Crippen LogP contribution in [0, 0.1) is 0 Å². The van der Waals surface area contributed by atoms with Crippen LogP contribution < -0.4 is 16.0 Å². The van der Waals surface area contributed by atoms with Crippen LogP contribution in [0.15, 0.2) is 48.5 Å². The standard InChI is InChI=1S/C22H27N3O3/c1-14(20(27)25-19-12-10-18(11-13-19)24-15(2)26)23-21(28)16-6-8-17(9-7-16)22(3,4)5/h6-14H,1-5H3,(H,23,28)(H,24,26)(H,25,27)/t14-/m0/s1. The van der Waals surface area contributed by atoms with Crippen molar-refractivity contribution in [3.05, 3.63) is 59.7 Å². The molecule has 1 atom stereocenters. The molecule has 0 fully saturated rings. The smallest absolute Gasteiger partial charge is 0.251 e. The minimum Gasteiger partial charge on any atom is -0.341 e. The Morgan fingerprint density at radius 3 is 1.79 bits per heavy atom. The fraction of sp³-hybridized carbons (Fsp3) is 0.318. The van der Waals surface area contributed by atoms with Crippen LogP contribution in [0.1, 0.15) is 50.5 Å². The van der Waals surface area contributed by atoms with Crippen LogP contribution in [0.4, 0.5) is 11.4 Å². The van der Waals surface area contributed by atoms with Crippen LogP contribution in [0.25, 0.3) is 0 Å². The molecule has 0 radical (unpaired) electrons. The molecule has 0 spiro atoms. The molecular weight excluding hydrogens is 354 g/mol. The van der Waals surface area contributed by atoms with Crippen LogP contribution in [0.2, 0.25) is 0 Å². The van der Waals surface area contributed by atoms with Gasteiger partial charge < -0.3 is 16.0 Å². The zero-order valence-corrected chi connectivity index (χ0v) is 16.9. The quantitative estimate of drug-likeness (QED) is 0.738. The van der Waals surface area contributed by atoms with E-state index in [-0.39, 0.29) is 23.1 Å². The molecule has 6 nitrogen and oxygen atoms in total. The summed E-state index contributed by atoms with van der Waals surface area (Å²) in [6.45, 7) is 9.38. The van der Waals surface area contributed by atoms with Gasteiger partial charge in [0.05, 0.1) is 0 Å². The van der Waals surface area contributed by atoms with E-state index in [9.17, 15) is 14.4 Å². The van der Waals surface area contributed by atoms with E-state index in [0.29, 0.717) is 16.9 Å². The van der Waals surface area contributed by atoms with Gasteiger partial charge in [-0.05, 0) is 54.3 Å². The van der Waals surface area contributed by atoms with Crippen molar-refractivity contribution in [2.45, 2.75) is 46.1 Å². The van der Waals surface area contributed by atoms with Crippen molar-refractivity contribution >= 4 is 29.1 Å². The fourth-order valence-corrected chi connectivity index (χ4v) is 2.56. The summed E-state index contributed by atoms with van der Waals surface area (Å²) >= 11 is 0. The van der Waals surface area contributed by atoms with Crippen molar-refractivity contribution in [3.8, 4) is 0 Å². The molecule has 2 rings (SSSR count). The Morgan fingerprint density at radius 1 is 0.821 bits per heavy atom. The first-order valence-corrected chi connectivity index (χ1v) is 9.16. The molecule has 0 bridgehead atoms. The second kappa shape index (κ2) is 8.69. The summed E-state index contributed by atoms with van der Waals surface area (Å²) in [5, 5.41) is 8.10. The summed E-state index contributed by atoms with van der Waals surface area (Å²) in [6.07, 6.45) is 0. The Hall–Kier alpha value is -3.15. The number of carbonyl (C=O) groups excluding carboxylic acids is 3. The minimum atomic E-state index is -0.704. The highest BCUT2D eigenvalue weighted by atomic mass is 16.2. The van der Waals surface area contributed by atoms with Gasteiger partial charge in [0.25, 0.3) is 5.91 Å². The number of anilines is 2. The average Bonchev–Trinajstić information content (AvgIpc) is 2.62. The Labute approximate surface area is 165 Å². The number of amides is 3. The van der Waals surface area contributed by atoms with Gasteiger partial charge in [-0.25, -0.2) is 0 Å². The van der Waals surface area contributed by atoms with Crippen molar-refractivity contribution in [2.24, 2.45) is 0 Å². The second-order valence-corrected chi connectivity index (χ2v) is 7.77. The molecule has 0 aromatic heterocycles. The SMILES string of the molecule is CC(=O)Nc1ccc(NC(=O)[C@H](C)NC(=O)c2ccc(C(C)(C)C)cc2)cc1. The molecule has 0 saturated heterocycles. The summed E-state index contributed by atoms with van der Waals surface area (Å²) in [4.78, 5) is 35.8. The molecule has 3 amide bonds. The topological polar surface area (TPSA) is 87.3 Å². The van der Waals surface area contributed by atoms with Crippen LogP contribution in [-0.2, 0) is 15.0 Å². The zero-order chi connectivity index (χ0) is 20.9. The third-order valence-electron chi connectivity index (χ3n) is 4.23. The summed E-state index contributed by atoms with van der Waals surface area (Å²) in [6, 6.07) is 13.4. The van der Waals surface area contributed by atoms with Gasteiger partial charge in [0, 0.05) is 23.9 Å². The molecule has 0 heterocycles. The van der Waals surface area contributed by atoms with E-state index < -0.39 is 6.04 Å². The molecule has 2 aromatic carbocycles. The monoisotopic (exact) mass is 381 g/mol. The van der Waals surface area contributed by atoms with Crippen LogP contribution >= 0.6 is 0 Å². The van der Waals surface area contributed by atoms with E-state index in [0.717, 1.165) is 5.56 Å². The first-order chi connectivity index (χ1) is 13.1. The first-order valence-electron chi connectivity index (χ1n) is 9.16. The molecule has 148 valence electrons. The van der Waals surface area contributed by atoms with Crippen molar-refractivity contribution in [2.75, 3.05) is 10.6 Å². The summed E-state index contributed by atoms with van der Waals surface area (Å²) < 4.78 is 0. The zero-order valence-electron chi connectivity index (χ0n) is 16.9. The molecule has 0 aliphatic rings. The van der Waals surface area contributed by atoms with E-state index in [4.69, 9.17) is 0 Å². The predicted octanol–water partition coefficient (Wildman–Crippen LogP) is 3.70. The Balaban J connectivity index is 1.94. The van der Waals surface area contributed by atoms with Crippen molar-refractivity contribution < 1.29 is 14.4 Å². The highest BCUT2D eigenvalue weighted by Crippen LogP contribution is 2.22. The lowest BCUT2D eigenvalue weighted by Gasteiger charge is -2.19. The summed E-state index contributed by atoms with van der Waals surface area (Å²) in [7, 11) is 0. The molecular formula is C22H27N3O3. The van der Waals surface area contributed by atoms with Gasteiger partial charge in [-0.1, -0.05) is 32.9 Å². The summed E-state index contributed by atoms with van der Waals surface area (Å²) in [5.74, 6) is -0.792. The molecule has 6 heteroatoms. The molecule has 3 N–H and O–H groups in total. The Bertz CT molecular complexity index is 850. The maximum Gasteiger partial charge on any atom is 0.251 e. The maximum absolute atomic E-state index is 12.4. The number of hydrogen-bond donors (Lipinski definition) is 3. The normalized spacial score (nSPS) is 12.0. The molecule has 0 aliphatic heterocycles. The lowest BCUT2D eigenvalue weighted by molar-refractivity contribution is -0.117. The number of benzene rings is 2. The molecule has 0 aliphatic carbocycles. The fourth-order valence-electron chi connectivity index (χ4n) is 2.56. The summed E-state index contributed by atoms with van der Waals surface area (Å²) in [5.41, 5.74) is 2.88. The van der Waals surface area contributed by atoms with Gasteiger partial charge in [-0.2, -0.15) is 0 Å². The van der Waals surface area contributed by atoms with Gasteiger partial charge in [-0.15, -0.1) is 0 Å². The van der Waals surface area contributed by atoms with Gasteiger partial charge in [-0.3, -0.25) is 14.4 Å². The lowest BCUT2D eigenvalue weighted by atomic mass is 9.86. The molecule has 0 unspecified atom stereocenters. The highest BCUT2D eigenvalue weighted by Gasteiger charge is 2.18. The van der Waals surface area contributed by atoms with Gasteiger partial charge >= 0.3 is 0 Å². The Kier molecular flexibility index (Phi) is 6.57. The van der Waals surface area contributed by atoms with Crippen LogP contribution in [0.5, 0.6) is 0 Å². The molecule has 2 aromatic rings. The van der Waals surface area contributed by atoms with Crippen molar-refractivity contribution in [1.82, 2.24) is 5.32 Å². The molecule has 0 saturated carbocycles. The van der Waals surface area contributed by atoms with E-state index in [1.807, 2.05) is 12.1 Å². The van der Waals surface area contributed by atoms with Gasteiger partial charge in [0.2, 0.25) is 11.8 Å². The van der Waals surface area contributed by atoms with E-state index in [1.165, 1.54) is 6.92 Å². The highest BCUT2D eigenvalue weighted by molar-refractivity contribution is 6.01. The van der Waals surface area contributed by atoms with Crippen molar-refractivity contribution in [3.63, 3.8) is 0 Å². The van der Waals surface area contributed by atoms with Crippen molar-refractivity contribution in [1.29, 1.82) is 0 Å². The Morgan fingerprint density at radius 2 is 1.32 bits per heavy atom. The average molecular weight is 381 g/mol. The predicted molar refractivity (Wildman–Crippen MR) is 111 cm³/mol. The molecule has 28 heavy (non-hydrogen) atoms. The number of rotatable bonds is 5. The number of nitrogens with one attached hydrogen (secondary N) is 3. The third-order valence-corrected chi connectivity index (χ3v) is 4.23. The first kappa shape index (κ1) is 21.2. The largest absolute Gasteiger partial charge is 0.341 e.